The van der Waals surface area contributed by atoms with Crippen LogP contribution in [0.2, 0.25) is 0 Å². The van der Waals surface area contributed by atoms with Crippen LogP contribution in [-0.2, 0) is 6.54 Å². The molecule has 2 heterocycles. The lowest BCUT2D eigenvalue weighted by Crippen LogP contribution is -2.09. The van der Waals surface area contributed by atoms with Gasteiger partial charge in [0.25, 0.3) is 5.56 Å². The topological polar surface area (TPSA) is 76.2 Å². The van der Waals surface area contributed by atoms with Crippen molar-refractivity contribution in [3.8, 4) is 0 Å². The SMILES string of the molecule is NCc1cc2c(=O)[nH]cnn2c1. The average Bonchev–Trinajstić information content (AvgIpc) is 2.49. The summed E-state index contributed by atoms with van der Waals surface area (Å²) >= 11 is 0. The lowest BCUT2D eigenvalue weighted by molar-refractivity contribution is 0.882. The van der Waals surface area contributed by atoms with E-state index in [9.17, 15) is 4.79 Å². The second-order valence-electron chi connectivity index (χ2n) is 2.50. The highest BCUT2D eigenvalue weighted by Crippen LogP contribution is 2.01. The summed E-state index contributed by atoms with van der Waals surface area (Å²) in [7, 11) is 0. The molecule has 62 valence electrons. The summed E-state index contributed by atoms with van der Waals surface area (Å²) in [6, 6.07) is 1.73. The van der Waals surface area contributed by atoms with Gasteiger partial charge in [-0.15, -0.1) is 0 Å². The van der Waals surface area contributed by atoms with Crippen LogP contribution in [0.1, 0.15) is 5.56 Å². The van der Waals surface area contributed by atoms with E-state index in [4.69, 9.17) is 5.73 Å². The molecule has 0 spiro atoms. The predicted octanol–water partition coefficient (Wildman–Crippen LogP) is -0.519. The Balaban J connectivity index is 2.83. The van der Waals surface area contributed by atoms with Crippen molar-refractivity contribution in [2.75, 3.05) is 0 Å². The van der Waals surface area contributed by atoms with Gasteiger partial charge in [0, 0.05) is 12.7 Å². The summed E-state index contributed by atoms with van der Waals surface area (Å²) < 4.78 is 1.51. The molecule has 0 aliphatic rings. The third kappa shape index (κ3) is 0.911. The molecule has 2 rings (SSSR count). The molecule has 0 aliphatic carbocycles. The van der Waals surface area contributed by atoms with Crippen molar-refractivity contribution in [3.05, 3.63) is 34.5 Å². The van der Waals surface area contributed by atoms with E-state index in [2.05, 4.69) is 10.1 Å². The van der Waals surface area contributed by atoms with Gasteiger partial charge in [0.2, 0.25) is 0 Å². The van der Waals surface area contributed by atoms with E-state index < -0.39 is 0 Å². The van der Waals surface area contributed by atoms with Gasteiger partial charge < -0.3 is 10.7 Å². The van der Waals surface area contributed by atoms with Gasteiger partial charge in [0.15, 0.2) is 0 Å². The van der Waals surface area contributed by atoms with Crippen LogP contribution in [0, 0.1) is 0 Å². The minimum atomic E-state index is -0.148. The molecule has 0 bridgehead atoms. The molecular formula is C7H8N4O. The molecule has 2 aromatic rings. The van der Waals surface area contributed by atoms with Gasteiger partial charge in [0.1, 0.15) is 11.8 Å². The Bertz CT molecular complexity index is 456. The van der Waals surface area contributed by atoms with Crippen LogP contribution in [0.15, 0.2) is 23.4 Å². The maximum absolute atomic E-state index is 11.2. The third-order valence-electron chi connectivity index (χ3n) is 1.70. The maximum atomic E-state index is 11.2. The van der Waals surface area contributed by atoms with Gasteiger partial charge in [-0.25, -0.2) is 4.52 Å². The van der Waals surface area contributed by atoms with Crippen molar-refractivity contribution in [1.29, 1.82) is 0 Å². The lowest BCUT2D eigenvalue weighted by atomic mass is 10.3. The number of hydrogen-bond acceptors (Lipinski definition) is 3. The average molecular weight is 164 g/mol. The van der Waals surface area contributed by atoms with E-state index >= 15 is 0 Å². The number of nitrogens with two attached hydrogens (primary N) is 1. The highest BCUT2D eigenvalue weighted by molar-refractivity contribution is 5.46. The first-order chi connectivity index (χ1) is 5.81. The van der Waals surface area contributed by atoms with Gasteiger partial charge in [-0.3, -0.25) is 4.79 Å². The van der Waals surface area contributed by atoms with Crippen LogP contribution < -0.4 is 11.3 Å². The minimum Gasteiger partial charge on any atom is -0.326 e. The largest absolute Gasteiger partial charge is 0.326 e. The molecule has 0 atom stereocenters. The zero-order valence-electron chi connectivity index (χ0n) is 6.32. The van der Waals surface area contributed by atoms with Crippen LogP contribution in [-0.4, -0.2) is 14.6 Å². The number of hydrogen-bond donors (Lipinski definition) is 2. The van der Waals surface area contributed by atoms with Crippen molar-refractivity contribution in [3.63, 3.8) is 0 Å². The first-order valence-electron chi connectivity index (χ1n) is 3.56. The molecule has 3 N–H and O–H groups in total. The lowest BCUT2D eigenvalue weighted by Gasteiger charge is -1.87. The Labute approximate surface area is 67.8 Å². The van der Waals surface area contributed by atoms with Crippen LogP contribution in [0.3, 0.4) is 0 Å². The normalized spacial score (nSPS) is 10.8. The van der Waals surface area contributed by atoms with Crippen molar-refractivity contribution >= 4 is 5.52 Å². The molecule has 12 heavy (non-hydrogen) atoms. The molecule has 0 aromatic carbocycles. The highest BCUT2D eigenvalue weighted by Gasteiger charge is 2.00. The van der Waals surface area contributed by atoms with Crippen molar-refractivity contribution in [1.82, 2.24) is 14.6 Å². The fourth-order valence-corrected chi connectivity index (χ4v) is 1.11. The number of nitrogens with zero attached hydrogens (tertiary/aromatic N) is 2. The van der Waals surface area contributed by atoms with Crippen molar-refractivity contribution < 1.29 is 0 Å². The summed E-state index contributed by atoms with van der Waals surface area (Å²) in [5.74, 6) is 0. The zero-order valence-corrected chi connectivity index (χ0v) is 6.32. The quantitative estimate of drug-likeness (QED) is 0.595. The molecule has 0 radical (unpaired) electrons. The van der Waals surface area contributed by atoms with Crippen molar-refractivity contribution in [2.45, 2.75) is 6.54 Å². The van der Waals surface area contributed by atoms with E-state index in [1.54, 1.807) is 12.3 Å². The summed E-state index contributed by atoms with van der Waals surface area (Å²) in [5.41, 5.74) is 6.69. The molecule has 5 nitrogen and oxygen atoms in total. The summed E-state index contributed by atoms with van der Waals surface area (Å²) in [5, 5.41) is 3.92. The molecule has 0 amide bonds. The van der Waals surface area contributed by atoms with Crippen LogP contribution in [0.4, 0.5) is 0 Å². The number of rotatable bonds is 1. The Hall–Kier alpha value is -1.62. The molecular weight excluding hydrogens is 156 g/mol. The fourth-order valence-electron chi connectivity index (χ4n) is 1.11. The van der Waals surface area contributed by atoms with E-state index in [1.165, 1.54) is 10.8 Å². The van der Waals surface area contributed by atoms with E-state index in [0.29, 0.717) is 12.1 Å². The molecule has 0 saturated carbocycles. The molecule has 0 fully saturated rings. The Morgan fingerprint density at radius 2 is 2.50 bits per heavy atom. The van der Waals surface area contributed by atoms with E-state index in [-0.39, 0.29) is 5.56 Å². The number of aromatic amines is 1. The second kappa shape index (κ2) is 2.46. The third-order valence-corrected chi connectivity index (χ3v) is 1.70. The smallest absolute Gasteiger partial charge is 0.275 e. The molecule has 5 heteroatoms. The zero-order chi connectivity index (χ0) is 8.55. The predicted molar refractivity (Wildman–Crippen MR) is 43.7 cm³/mol. The summed E-state index contributed by atoms with van der Waals surface area (Å²) in [6.45, 7) is 0.419. The molecule has 2 aromatic heterocycles. The molecule has 0 aliphatic heterocycles. The van der Waals surface area contributed by atoms with Crippen LogP contribution in [0.25, 0.3) is 5.52 Å². The molecule has 0 unspecified atom stereocenters. The number of fused-ring (bicyclic) bond motifs is 1. The standard InChI is InChI=1S/C7H8N4O/c8-2-5-1-6-7(12)9-4-10-11(6)3-5/h1,3-4H,2,8H2,(H,9,10,12). The fraction of sp³-hybridized carbons (Fsp3) is 0.143. The summed E-state index contributed by atoms with van der Waals surface area (Å²) in [4.78, 5) is 13.6. The van der Waals surface area contributed by atoms with Gasteiger partial charge >= 0.3 is 0 Å². The number of aromatic nitrogens is 3. The van der Waals surface area contributed by atoms with Crippen molar-refractivity contribution in [2.24, 2.45) is 5.73 Å². The molecule has 0 saturated heterocycles. The Kier molecular flexibility index (Phi) is 1.44. The first kappa shape index (κ1) is 7.05. The monoisotopic (exact) mass is 164 g/mol. The summed E-state index contributed by atoms with van der Waals surface area (Å²) in [6.07, 6.45) is 3.10. The first-order valence-corrected chi connectivity index (χ1v) is 3.56. The van der Waals surface area contributed by atoms with Gasteiger partial charge in [-0.2, -0.15) is 5.10 Å². The van der Waals surface area contributed by atoms with Gasteiger partial charge in [0.05, 0.1) is 0 Å². The second-order valence-corrected chi connectivity index (χ2v) is 2.50. The van der Waals surface area contributed by atoms with Crippen LogP contribution >= 0.6 is 0 Å². The Morgan fingerprint density at radius 3 is 3.17 bits per heavy atom. The number of H-pyrrole nitrogens is 1. The van der Waals surface area contributed by atoms with E-state index in [0.717, 1.165) is 5.56 Å². The maximum Gasteiger partial charge on any atom is 0.275 e. The van der Waals surface area contributed by atoms with E-state index in [1.807, 2.05) is 0 Å². The Morgan fingerprint density at radius 1 is 1.67 bits per heavy atom. The van der Waals surface area contributed by atoms with Gasteiger partial charge in [-0.05, 0) is 11.6 Å². The van der Waals surface area contributed by atoms with Gasteiger partial charge in [-0.1, -0.05) is 0 Å². The van der Waals surface area contributed by atoms with Crippen LogP contribution in [0.5, 0.6) is 0 Å². The highest BCUT2D eigenvalue weighted by atomic mass is 16.1. The number of nitrogens with one attached hydrogen (secondary N) is 1. The minimum absolute atomic E-state index is 0.148.